The van der Waals surface area contributed by atoms with Gasteiger partial charge in [-0.1, -0.05) is 0 Å². The molecule has 2 N–H and O–H groups in total. The summed E-state index contributed by atoms with van der Waals surface area (Å²) < 4.78 is 13.3. The van der Waals surface area contributed by atoms with E-state index in [1.165, 1.54) is 12.1 Å². The van der Waals surface area contributed by atoms with E-state index in [0.29, 0.717) is 5.69 Å². The predicted octanol–water partition coefficient (Wildman–Crippen LogP) is 0.837. The molecule has 1 aromatic rings. The lowest BCUT2D eigenvalue weighted by Gasteiger charge is -2.14. The highest BCUT2D eigenvalue weighted by Crippen LogP contribution is 2.24. The van der Waals surface area contributed by atoms with E-state index in [0.717, 1.165) is 23.1 Å². The fourth-order valence-corrected chi connectivity index (χ4v) is 1.34. The Bertz CT molecular complexity index is 464. The van der Waals surface area contributed by atoms with Gasteiger partial charge in [0.15, 0.2) is 0 Å². The molecule has 15 heavy (non-hydrogen) atoms. The van der Waals surface area contributed by atoms with Crippen molar-refractivity contribution in [3.05, 3.63) is 36.2 Å². The number of halogens is 1. The molecular formula is C10H7FN2O2. The molecule has 2 rings (SSSR count). The Morgan fingerprint density at radius 2 is 1.73 bits per heavy atom. The lowest BCUT2D eigenvalue weighted by atomic mass is 10.2. The van der Waals surface area contributed by atoms with Gasteiger partial charge in [-0.05, 0) is 18.2 Å². The van der Waals surface area contributed by atoms with Crippen LogP contribution in [0.4, 0.5) is 15.8 Å². The Hall–Kier alpha value is -2.17. The second-order valence-corrected chi connectivity index (χ2v) is 3.06. The van der Waals surface area contributed by atoms with Crippen molar-refractivity contribution < 1.29 is 14.0 Å². The topological polar surface area (TPSA) is 63.4 Å². The first-order valence-corrected chi connectivity index (χ1v) is 4.21. The number of nitrogens with two attached hydrogens (primary N) is 1. The Balaban J connectivity index is 2.50. The van der Waals surface area contributed by atoms with Crippen LogP contribution in [0.1, 0.15) is 0 Å². The number of nitrogen functional groups attached to an aromatic ring is 1. The van der Waals surface area contributed by atoms with Crippen LogP contribution < -0.4 is 10.6 Å². The molecule has 0 atom stereocenters. The Labute approximate surface area is 84.8 Å². The molecule has 0 bridgehead atoms. The maximum absolute atomic E-state index is 13.3. The first kappa shape index (κ1) is 9.39. The van der Waals surface area contributed by atoms with Crippen molar-refractivity contribution in [1.82, 2.24) is 0 Å². The molecule has 0 aliphatic carbocycles. The van der Waals surface area contributed by atoms with Crippen LogP contribution >= 0.6 is 0 Å². The Morgan fingerprint density at radius 1 is 1.13 bits per heavy atom. The van der Waals surface area contributed by atoms with E-state index >= 15 is 0 Å². The Kier molecular flexibility index (Phi) is 2.00. The maximum atomic E-state index is 13.3. The van der Waals surface area contributed by atoms with Gasteiger partial charge in [-0.3, -0.25) is 9.59 Å². The summed E-state index contributed by atoms with van der Waals surface area (Å²) >= 11 is 0. The number of nitrogens with zero attached hydrogens (tertiary/aromatic N) is 1. The fraction of sp³-hybridized carbons (Fsp3) is 0. The van der Waals surface area contributed by atoms with Crippen LogP contribution in [0.25, 0.3) is 0 Å². The van der Waals surface area contributed by atoms with Gasteiger partial charge in [0.2, 0.25) is 0 Å². The van der Waals surface area contributed by atoms with Crippen molar-refractivity contribution in [2.45, 2.75) is 0 Å². The molecule has 0 spiro atoms. The summed E-state index contributed by atoms with van der Waals surface area (Å²) in [6.07, 6.45) is 2.18. The van der Waals surface area contributed by atoms with E-state index in [1.807, 2.05) is 0 Å². The van der Waals surface area contributed by atoms with Gasteiger partial charge in [-0.2, -0.15) is 0 Å². The van der Waals surface area contributed by atoms with Crippen molar-refractivity contribution >= 4 is 23.2 Å². The molecule has 0 aromatic heterocycles. The molecule has 5 heteroatoms. The van der Waals surface area contributed by atoms with Crippen LogP contribution in [-0.2, 0) is 9.59 Å². The van der Waals surface area contributed by atoms with Crippen LogP contribution in [0.3, 0.4) is 0 Å². The lowest BCUT2D eigenvalue weighted by Crippen LogP contribution is -2.30. The zero-order valence-electron chi connectivity index (χ0n) is 7.61. The first-order chi connectivity index (χ1) is 7.09. The van der Waals surface area contributed by atoms with Crippen molar-refractivity contribution in [3.8, 4) is 0 Å². The molecule has 1 heterocycles. The summed E-state index contributed by atoms with van der Waals surface area (Å²) in [5.74, 6) is -1.79. The van der Waals surface area contributed by atoms with E-state index in [1.54, 1.807) is 0 Å². The molecular weight excluding hydrogens is 199 g/mol. The van der Waals surface area contributed by atoms with Gasteiger partial charge in [-0.25, -0.2) is 9.29 Å². The zero-order valence-corrected chi connectivity index (χ0v) is 7.61. The van der Waals surface area contributed by atoms with Gasteiger partial charge >= 0.3 is 0 Å². The van der Waals surface area contributed by atoms with E-state index < -0.39 is 17.6 Å². The molecule has 0 unspecified atom stereocenters. The highest BCUT2D eigenvalue weighted by molar-refractivity contribution is 6.28. The number of hydrogen-bond donors (Lipinski definition) is 1. The van der Waals surface area contributed by atoms with Crippen molar-refractivity contribution in [3.63, 3.8) is 0 Å². The lowest BCUT2D eigenvalue weighted by molar-refractivity contribution is -0.120. The number of anilines is 2. The molecule has 2 amide bonds. The van der Waals surface area contributed by atoms with Crippen molar-refractivity contribution in [2.24, 2.45) is 0 Å². The number of imide groups is 1. The largest absolute Gasteiger partial charge is 0.399 e. The number of carbonyl (C=O) groups excluding carboxylic acids is 2. The fourth-order valence-electron chi connectivity index (χ4n) is 1.34. The highest BCUT2D eigenvalue weighted by Gasteiger charge is 2.27. The van der Waals surface area contributed by atoms with Crippen LogP contribution in [0.2, 0.25) is 0 Å². The quantitative estimate of drug-likeness (QED) is 0.547. The van der Waals surface area contributed by atoms with Gasteiger partial charge in [0.1, 0.15) is 5.82 Å². The van der Waals surface area contributed by atoms with Gasteiger partial charge in [0.25, 0.3) is 11.8 Å². The average molecular weight is 206 g/mol. The summed E-state index contributed by atoms with van der Waals surface area (Å²) in [5, 5.41) is 0. The van der Waals surface area contributed by atoms with E-state index in [2.05, 4.69) is 0 Å². The molecule has 4 nitrogen and oxygen atoms in total. The third-order valence-electron chi connectivity index (χ3n) is 2.02. The van der Waals surface area contributed by atoms with Gasteiger partial charge < -0.3 is 5.73 Å². The number of benzene rings is 1. The number of amides is 2. The van der Waals surface area contributed by atoms with Crippen LogP contribution in [0, 0.1) is 5.82 Å². The van der Waals surface area contributed by atoms with E-state index in [-0.39, 0.29) is 5.69 Å². The maximum Gasteiger partial charge on any atom is 0.258 e. The van der Waals surface area contributed by atoms with Crippen molar-refractivity contribution in [1.29, 1.82) is 0 Å². The molecule has 0 saturated heterocycles. The third-order valence-corrected chi connectivity index (χ3v) is 2.02. The number of carbonyl (C=O) groups is 2. The highest BCUT2D eigenvalue weighted by atomic mass is 19.1. The second-order valence-electron chi connectivity index (χ2n) is 3.06. The molecule has 0 fully saturated rings. The molecule has 1 aromatic carbocycles. The average Bonchev–Trinajstić information content (AvgIpc) is 2.51. The predicted molar refractivity (Wildman–Crippen MR) is 52.4 cm³/mol. The minimum absolute atomic E-state index is 0.116. The summed E-state index contributed by atoms with van der Waals surface area (Å²) in [7, 11) is 0. The summed E-state index contributed by atoms with van der Waals surface area (Å²) in [4.78, 5) is 23.3. The van der Waals surface area contributed by atoms with Crippen LogP contribution in [0.5, 0.6) is 0 Å². The molecule has 0 radical (unpaired) electrons. The normalized spacial score (nSPS) is 15.1. The first-order valence-electron chi connectivity index (χ1n) is 4.21. The molecule has 1 aliphatic heterocycles. The minimum atomic E-state index is -0.658. The molecule has 0 saturated carbocycles. The standard InChI is InChI=1S/C10H7FN2O2/c11-7-2-1-6(12)5-8(7)13-9(14)3-4-10(13)15/h1-5H,12H2. The number of rotatable bonds is 1. The summed E-state index contributed by atoms with van der Waals surface area (Å²) in [5.41, 5.74) is 5.62. The van der Waals surface area contributed by atoms with E-state index in [9.17, 15) is 14.0 Å². The summed E-state index contributed by atoms with van der Waals surface area (Å²) in [6, 6.07) is 3.72. The monoisotopic (exact) mass is 206 g/mol. The smallest absolute Gasteiger partial charge is 0.258 e. The second kappa shape index (κ2) is 3.20. The van der Waals surface area contributed by atoms with Crippen LogP contribution in [-0.4, -0.2) is 11.8 Å². The third kappa shape index (κ3) is 1.48. The van der Waals surface area contributed by atoms with Gasteiger partial charge in [0.05, 0.1) is 5.69 Å². The number of hydrogen-bond acceptors (Lipinski definition) is 3. The molecule has 1 aliphatic rings. The van der Waals surface area contributed by atoms with E-state index in [4.69, 9.17) is 5.73 Å². The van der Waals surface area contributed by atoms with Crippen molar-refractivity contribution in [2.75, 3.05) is 10.6 Å². The zero-order chi connectivity index (χ0) is 11.0. The minimum Gasteiger partial charge on any atom is -0.399 e. The molecule has 76 valence electrons. The Morgan fingerprint density at radius 3 is 2.33 bits per heavy atom. The van der Waals surface area contributed by atoms with Gasteiger partial charge in [0, 0.05) is 17.8 Å². The summed E-state index contributed by atoms with van der Waals surface area (Å²) in [6.45, 7) is 0. The SMILES string of the molecule is Nc1ccc(F)c(N2C(=O)C=CC2=O)c1. The van der Waals surface area contributed by atoms with Gasteiger partial charge in [-0.15, -0.1) is 0 Å². The van der Waals surface area contributed by atoms with Crippen LogP contribution in [0.15, 0.2) is 30.4 Å².